The van der Waals surface area contributed by atoms with Crippen LogP contribution in [0.4, 0.5) is 0 Å². The molecule has 2 aromatic rings. The third-order valence-electron chi connectivity index (χ3n) is 5.74. The van der Waals surface area contributed by atoms with Gasteiger partial charge in [-0.1, -0.05) is 12.8 Å². The second kappa shape index (κ2) is 8.04. The lowest BCUT2D eigenvalue weighted by atomic mass is 9.96. The number of nitrogens with zero attached hydrogens (tertiary/aromatic N) is 2. The summed E-state index contributed by atoms with van der Waals surface area (Å²) < 4.78 is 5.37. The van der Waals surface area contributed by atoms with Crippen molar-refractivity contribution in [3.63, 3.8) is 0 Å². The molecule has 1 N–H and O–H groups in total. The van der Waals surface area contributed by atoms with E-state index in [1.54, 1.807) is 24.6 Å². The van der Waals surface area contributed by atoms with E-state index in [-0.39, 0.29) is 5.91 Å². The SMILES string of the molecule is O=C(NCC1CCCN(C2CCCC2)C1)c1ccnc(-c2ccco2)c1. The van der Waals surface area contributed by atoms with Gasteiger partial charge in [-0.25, -0.2) is 0 Å². The monoisotopic (exact) mass is 353 g/mol. The van der Waals surface area contributed by atoms with Crippen molar-refractivity contribution >= 4 is 5.91 Å². The predicted molar refractivity (Wildman–Crippen MR) is 101 cm³/mol. The zero-order valence-electron chi connectivity index (χ0n) is 15.2. The summed E-state index contributed by atoms with van der Waals surface area (Å²) in [6, 6.07) is 8.00. The number of carbonyl (C=O) groups is 1. The number of hydrogen-bond donors (Lipinski definition) is 1. The first-order valence-corrected chi connectivity index (χ1v) is 9.82. The van der Waals surface area contributed by atoms with Gasteiger partial charge in [-0.15, -0.1) is 0 Å². The van der Waals surface area contributed by atoms with Gasteiger partial charge in [-0.2, -0.15) is 0 Å². The number of pyridine rings is 1. The van der Waals surface area contributed by atoms with Gasteiger partial charge in [0.1, 0.15) is 5.69 Å². The number of rotatable bonds is 5. The minimum atomic E-state index is -0.0294. The fraction of sp³-hybridized carbons (Fsp3) is 0.524. The van der Waals surface area contributed by atoms with Crippen LogP contribution in [-0.4, -0.2) is 41.5 Å². The average Bonchev–Trinajstić information content (AvgIpc) is 3.40. The number of likely N-dealkylation sites (tertiary alicyclic amines) is 1. The van der Waals surface area contributed by atoms with Gasteiger partial charge < -0.3 is 14.6 Å². The molecule has 0 bridgehead atoms. The number of nitrogens with one attached hydrogen (secondary N) is 1. The summed E-state index contributed by atoms with van der Waals surface area (Å²) in [7, 11) is 0. The fourth-order valence-corrected chi connectivity index (χ4v) is 4.33. The molecule has 0 spiro atoms. The molecule has 26 heavy (non-hydrogen) atoms. The van der Waals surface area contributed by atoms with Gasteiger partial charge in [0, 0.05) is 30.9 Å². The van der Waals surface area contributed by atoms with E-state index in [0.717, 1.165) is 19.1 Å². The molecule has 4 rings (SSSR count). The topological polar surface area (TPSA) is 58.4 Å². The third kappa shape index (κ3) is 3.98. The molecule has 0 radical (unpaired) electrons. The zero-order chi connectivity index (χ0) is 17.8. The molecule has 1 aliphatic heterocycles. The van der Waals surface area contributed by atoms with Crippen molar-refractivity contribution in [2.24, 2.45) is 5.92 Å². The highest BCUT2D eigenvalue weighted by molar-refractivity contribution is 5.94. The summed E-state index contributed by atoms with van der Waals surface area (Å²) in [6.07, 6.45) is 11.2. The van der Waals surface area contributed by atoms with Crippen molar-refractivity contribution in [2.45, 2.75) is 44.6 Å². The fourth-order valence-electron chi connectivity index (χ4n) is 4.33. The number of piperidine rings is 1. The smallest absolute Gasteiger partial charge is 0.251 e. The lowest BCUT2D eigenvalue weighted by Gasteiger charge is -2.36. The Hall–Kier alpha value is -2.14. The van der Waals surface area contributed by atoms with E-state index in [2.05, 4.69) is 15.2 Å². The lowest BCUT2D eigenvalue weighted by Crippen LogP contribution is -2.44. The number of furan rings is 1. The van der Waals surface area contributed by atoms with Crippen molar-refractivity contribution in [1.29, 1.82) is 0 Å². The Balaban J connectivity index is 1.33. The Morgan fingerprint density at radius 1 is 1.23 bits per heavy atom. The predicted octanol–water partition coefficient (Wildman–Crippen LogP) is 3.73. The summed E-state index contributed by atoms with van der Waals surface area (Å²) in [4.78, 5) is 19.5. The number of amides is 1. The van der Waals surface area contributed by atoms with Gasteiger partial charge in [0.25, 0.3) is 5.91 Å². The van der Waals surface area contributed by atoms with E-state index in [1.165, 1.54) is 45.1 Å². The first-order chi connectivity index (χ1) is 12.8. The minimum Gasteiger partial charge on any atom is -0.463 e. The van der Waals surface area contributed by atoms with Gasteiger partial charge in [-0.3, -0.25) is 9.78 Å². The molecule has 2 fully saturated rings. The zero-order valence-corrected chi connectivity index (χ0v) is 15.2. The number of carbonyl (C=O) groups excluding carboxylic acids is 1. The Morgan fingerprint density at radius 3 is 2.92 bits per heavy atom. The van der Waals surface area contributed by atoms with Crippen molar-refractivity contribution in [3.05, 3.63) is 42.3 Å². The van der Waals surface area contributed by atoms with Crippen LogP contribution in [0.1, 0.15) is 48.9 Å². The Kier molecular flexibility index (Phi) is 5.34. The maximum absolute atomic E-state index is 12.6. The molecular formula is C21H27N3O2. The average molecular weight is 353 g/mol. The molecule has 2 aliphatic rings. The molecule has 1 saturated heterocycles. The van der Waals surface area contributed by atoms with Crippen LogP contribution >= 0.6 is 0 Å². The van der Waals surface area contributed by atoms with Crippen LogP contribution in [0.3, 0.4) is 0 Å². The first kappa shape index (κ1) is 17.3. The van der Waals surface area contributed by atoms with Crippen LogP contribution in [0.2, 0.25) is 0 Å². The van der Waals surface area contributed by atoms with Crippen molar-refractivity contribution in [3.8, 4) is 11.5 Å². The quantitative estimate of drug-likeness (QED) is 0.890. The van der Waals surface area contributed by atoms with Gasteiger partial charge in [0.2, 0.25) is 0 Å². The molecule has 1 unspecified atom stereocenters. The highest BCUT2D eigenvalue weighted by Crippen LogP contribution is 2.27. The van der Waals surface area contributed by atoms with E-state index in [4.69, 9.17) is 4.42 Å². The summed E-state index contributed by atoms with van der Waals surface area (Å²) >= 11 is 0. The summed E-state index contributed by atoms with van der Waals surface area (Å²) in [6.45, 7) is 3.10. The molecule has 2 aromatic heterocycles. The highest BCUT2D eigenvalue weighted by Gasteiger charge is 2.28. The molecule has 0 aromatic carbocycles. The Labute approximate surface area is 154 Å². The van der Waals surface area contributed by atoms with E-state index in [1.807, 2.05) is 12.1 Å². The van der Waals surface area contributed by atoms with Gasteiger partial charge >= 0.3 is 0 Å². The van der Waals surface area contributed by atoms with Crippen LogP contribution in [0, 0.1) is 5.92 Å². The van der Waals surface area contributed by atoms with Crippen LogP contribution in [0.15, 0.2) is 41.1 Å². The first-order valence-electron chi connectivity index (χ1n) is 9.82. The number of aromatic nitrogens is 1. The molecule has 138 valence electrons. The van der Waals surface area contributed by atoms with E-state index < -0.39 is 0 Å². The van der Waals surface area contributed by atoms with E-state index in [0.29, 0.717) is 22.9 Å². The Bertz CT molecular complexity index is 723. The molecule has 3 heterocycles. The van der Waals surface area contributed by atoms with Gasteiger partial charge in [-0.05, 0) is 62.4 Å². The third-order valence-corrected chi connectivity index (χ3v) is 5.74. The second-order valence-corrected chi connectivity index (χ2v) is 7.56. The van der Waals surface area contributed by atoms with Gasteiger partial charge in [0.05, 0.1) is 6.26 Å². The molecule has 1 amide bonds. The highest BCUT2D eigenvalue weighted by atomic mass is 16.3. The summed E-state index contributed by atoms with van der Waals surface area (Å²) in [5.74, 6) is 1.21. The standard InChI is InChI=1S/C21H27N3O2/c25-21(17-9-10-22-19(13-17)20-8-4-12-26-20)23-14-16-5-3-11-24(15-16)18-6-1-2-7-18/h4,8-10,12-13,16,18H,1-3,5-7,11,14-15H2,(H,23,25). The normalized spacial score (nSPS) is 21.8. The number of hydrogen-bond acceptors (Lipinski definition) is 4. The maximum Gasteiger partial charge on any atom is 0.251 e. The largest absolute Gasteiger partial charge is 0.463 e. The van der Waals surface area contributed by atoms with Crippen LogP contribution in [0.25, 0.3) is 11.5 Å². The van der Waals surface area contributed by atoms with Crippen LogP contribution in [-0.2, 0) is 0 Å². The Morgan fingerprint density at radius 2 is 2.12 bits per heavy atom. The lowest BCUT2D eigenvalue weighted by molar-refractivity contribution is 0.0913. The van der Waals surface area contributed by atoms with Crippen molar-refractivity contribution in [2.75, 3.05) is 19.6 Å². The second-order valence-electron chi connectivity index (χ2n) is 7.56. The molecule has 1 aliphatic carbocycles. The van der Waals surface area contributed by atoms with Gasteiger partial charge in [0.15, 0.2) is 5.76 Å². The molecular weight excluding hydrogens is 326 g/mol. The molecule has 1 saturated carbocycles. The molecule has 1 atom stereocenters. The molecule has 5 nitrogen and oxygen atoms in total. The molecule has 5 heteroatoms. The van der Waals surface area contributed by atoms with E-state index in [9.17, 15) is 4.79 Å². The van der Waals surface area contributed by atoms with Crippen LogP contribution in [0.5, 0.6) is 0 Å². The minimum absolute atomic E-state index is 0.0294. The van der Waals surface area contributed by atoms with Crippen molar-refractivity contribution in [1.82, 2.24) is 15.2 Å². The van der Waals surface area contributed by atoms with Crippen molar-refractivity contribution < 1.29 is 9.21 Å². The summed E-state index contributed by atoms with van der Waals surface area (Å²) in [5.41, 5.74) is 1.32. The van der Waals surface area contributed by atoms with E-state index >= 15 is 0 Å². The summed E-state index contributed by atoms with van der Waals surface area (Å²) in [5, 5.41) is 3.13. The maximum atomic E-state index is 12.6. The van der Waals surface area contributed by atoms with Crippen LogP contribution < -0.4 is 5.32 Å².